The van der Waals surface area contributed by atoms with E-state index in [9.17, 15) is 22.8 Å². The Morgan fingerprint density at radius 2 is 1.82 bits per heavy atom. The molecule has 0 amide bonds. The number of aromatic nitrogens is 4. The predicted molar refractivity (Wildman–Crippen MR) is 118 cm³/mol. The van der Waals surface area contributed by atoms with Crippen LogP contribution in [0.1, 0.15) is 36.9 Å². The van der Waals surface area contributed by atoms with Crippen LogP contribution >= 0.6 is 0 Å². The molecule has 4 rings (SSSR count). The highest BCUT2D eigenvalue weighted by Crippen LogP contribution is 2.29. The number of hydrogen-bond acceptors (Lipinski definition) is 8. The summed E-state index contributed by atoms with van der Waals surface area (Å²) in [7, 11) is 1.68. The molecule has 0 spiro atoms. The minimum Gasteiger partial charge on any atom is -0.376 e. The Morgan fingerprint density at radius 1 is 1.12 bits per heavy atom. The Morgan fingerprint density at radius 3 is 2.41 bits per heavy atom. The minimum atomic E-state index is -4.71. The van der Waals surface area contributed by atoms with Crippen LogP contribution in [0.3, 0.4) is 0 Å². The number of anilines is 2. The molecule has 0 unspecified atom stereocenters. The zero-order valence-electron chi connectivity index (χ0n) is 18.6. The second-order valence-corrected chi connectivity index (χ2v) is 8.13. The Hall–Kier alpha value is -3.96. The van der Waals surface area contributed by atoms with Crippen LogP contribution in [0.15, 0.2) is 50.8 Å². The first-order chi connectivity index (χ1) is 16.0. The molecule has 2 heterocycles. The lowest BCUT2D eigenvalue weighted by Crippen LogP contribution is -2.41. The molecule has 0 saturated heterocycles. The van der Waals surface area contributed by atoms with Gasteiger partial charge >= 0.3 is 12.1 Å². The summed E-state index contributed by atoms with van der Waals surface area (Å²) < 4.78 is 44.0. The van der Waals surface area contributed by atoms with Crippen LogP contribution in [0.4, 0.5) is 24.5 Å². The summed E-state index contributed by atoms with van der Waals surface area (Å²) in [6.45, 7) is 4.65. The molecule has 0 aliphatic heterocycles. The zero-order valence-corrected chi connectivity index (χ0v) is 18.6. The van der Waals surface area contributed by atoms with Gasteiger partial charge in [-0.3, -0.25) is 14.3 Å². The van der Waals surface area contributed by atoms with E-state index in [1.54, 1.807) is 47.1 Å². The molecule has 1 N–H and O–H groups in total. The van der Waals surface area contributed by atoms with Gasteiger partial charge < -0.3 is 14.7 Å². The van der Waals surface area contributed by atoms with E-state index in [0.29, 0.717) is 18.7 Å². The monoisotopic (exact) mass is 474 g/mol. The summed E-state index contributed by atoms with van der Waals surface area (Å²) >= 11 is 0. The van der Waals surface area contributed by atoms with Crippen molar-refractivity contribution in [3.05, 3.63) is 74.1 Å². The van der Waals surface area contributed by atoms with E-state index in [1.165, 1.54) is 0 Å². The summed E-state index contributed by atoms with van der Waals surface area (Å²) in [5, 5.41) is 10.6. The number of nitrogens with zero attached hydrogens (tertiary/aromatic N) is 5. The third-order valence-electron chi connectivity index (χ3n) is 5.22. The molecular weight excluding hydrogens is 453 g/mol. The number of halogens is 3. The number of hydrogen-bond donors (Lipinski definition) is 1. The van der Waals surface area contributed by atoms with Crippen LogP contribution in [-0.2, 0) is 19.3 Å². The molecule has 0 bridgehead atoms. The van der Waals surface area contributed by atoms with Gasteiger partial charge in [-0.2, -0.15) is 23.3 Å². The summed E-state index contributed by atoms with van der Waals surface area (Å²) in [6, 6.07) is 6.67. The van der Waals surface area contributed by atoms with E-state index >= 15 is 0 Å². The molecule has 0 saturated carbocycles. The van der Waals surface area contributed by atoms with E-state index in [4.69, 9.17) is 0 Å². The Balaban J connectivity index is 1.43. The zero-order chi connectivity index (χ0) is 24.6. The molecular formula is C22H21F3N6O3. The van der Waals surface area contributed by atoms with Gasteiger partial charge in [0.2, 0.25) is 5.82 Å². The SMILES string of the molecule is CC(C)n1cc(CNc2c(N(C)Cc3ccc(-c4noc(C(F)(F)F)n4)cc3)c(=O)c2=O)cn1. The van der Waals surface area contributed by atoms with Crippen molar-refractivity contribution in [3.8, 4) is 11.4 Å². The van der Waals surface area contributed by atoms with Crippen LogP contribution in [-0.4, -0.2) is 27.0 Å². The van der Waals surface area contributed by atoms with Gasteiger partial charge in [-0.25, -0.2) is 0 Å². The first-order valence-corrected chi connectivity index (χ1v) is 10.4. The molecule has 2 aromatic carbocycles. The normalized spacial score (nSPS) is 12.0. The van der Waals surface area contributed by atoms with Crippen LogP contribution < -0.4 is 21.1 Å². The highest BCUT2D eigenvalue weighted by Gasteiger charge is 2.38. The largest absolute Gasteiger partial charge is 0.471 e. The first kappa shape index (κ1) is 23.2. The molecule has 9 nitrogen and oxygen atoms in total. The highest BCUT2D eigenvalue weighted by molar-refractivity contribution is 5.75. The number of benzene rings is 1. The van der Waals surface area contributed by atoms with E-state index < -0.39 is 22.9 Å². The Bertz CT molecular complexity index is 1360. The van der Waals surface area contributed by atoms with E-state index in [0.717, 1.165) is 11.1 Å². The third kappa shape index (κ3) is 4.56. The Kier molecular flexibility index (Phi) is 5.98. The highest BCUT2D eigenvalue weighted by atomic mass is 19.4. The molecule has 0 aliphatic rings. The van der Waals surface area contributed by atoms with Crippen molar-refractivity contribution in [2.45, 2.75) is 39.2 Å². The molecule has 4 aromatic rings. The van der Waals surface area contributed by atoms with Crippen molar-refractivity contribution in [2.24, 2.45) is 0 Å². The average Bonchev–Trinajstić information content (AvgIpc) is 3.46. The lowest BCUT2D eigenvalue weighted by Gasteiger charge is -2.23. The molecule has 178 valence electrons. The number of alkyl halides is 3. The van der Waals surface area contributed by atoms with Gasteiger partial charge in [-0.15, -0.1) is 0 Å². The summed E-state index contributed by atoms with van der Waals surface area (Å²) in [5.74, 6) is -1.59. The fourth-order valence-corrected chi connectivity index (χ4v) is 3.42. The smallest absolute Gasteiger partial charge is 0.376 e. The first-order valence-electron chi connectivity index (χ1n) is 10.4. The summed E-state index contributed by atoms with van der Waals surface area (Å²) in [6.07, 6.45) is -1.14. The number of rotatable bonds is 8. The third-order valence-corrected chi connectivity index (χ3v) is 5.22. The van der Waals surface area contributed by atoms with Crippen molar-refractivity contribution >= 4 is 11.4 Å². The maximum atomic E-state index is 12.6. The van der Waals surface area contributed by atoms with Crippen molar-refractivity contribution in [3.63, 3.8) is 0 Å². The van der Waals surface area contributed by atoms with E-state index in [1.807, 2.05) is 20.0 Å². The molecule has 0 aliphatic carbocycles. The lowest BCUT2D eigenvalue weighted by molar-refractivity contribution is -0.159. The second kappa shape index (κ2) is 8.76. The summed E-state index contributed by atoms with van der Waals surface area (Å²) in [4.78, 5) is 29.3. The van der Waals surface area contributed by atoms with Crippen LogP contribution in [0, 0.1) is 0 Å². The van der Waals surface area contributed by atoms with Crippen LogP contribution in [0.25, 0.3) is 11.4 Å². The fraction of sp³-hybridized carbons (Fsp3) is 0.318. The fourth-order valence-electron chi connectivity index (χ4n) is 3.42. The van der Waals surface area contributed by atoms with Gasteiger partial charge in [0.25, 0.3) is 10.9 Å². The van der Waals surface area contributed by atoms with Gasteiger partial charge in [0, 0.05) is 43.5 Å². The van der Waals surface area contributed by atoms with Crippen molar-refractivity contribution in [1.82, 2.24) is 19.9 Å². The van der Waals surface area contributed by atoms with Gasteiger partial charge in [-0.1, -0.05) is 29.4 Å². The van der Waals surface area contributed by atoms with E-state index in [-0.39, 0.29) is 23.2 Å². The summed E-state index contributed by atoms with van der Waals surface area (Å²) in [5.41, 5.74) is 1.36. The molecule has 0 fully saturated rings. The topological polar surface area (TPSA) is 106 Å². The second-order valence-electron chi connectivity index (χ2n) is 8.13. The Labute approximate surface area is 191 Å². The van der Waals surface area contributed by atoms with Crippen molar-refractivity contribution in [2.75, 3.05) is 17.3 Å². The maximum Gasteiger partial charge on any atom is 0.471 e. The van der Waals surface area contributed by atoms with E-state index in [2.05, 4.69) is 25.1 Å². The van der Waals surface area contributed by atoms with Gasteiger partial charge in [0.1, 0.15) is 11.4 Å². The van der Waals surface area contributed by atoms with Gasteiger partial charge in [0.15, 0.2) is 0 Å². The van der Waals surface area contributed by atoms with Gasteiger partial charge in [-0.05, 0) is 19.4 Å². The predicted octanol–water partition coefficient (Wildman–Crippen LogP) is 3.38. The standard InChI is InChI=1S/C22H21F3N6O3/c1-12(2)31-11-14(9-27-31)8-26-16-17(19(33)18(16)32)30(3)10-13-4-6-15(7-5-13)20-28-21(34-29-20)22(23,24)25/h4-7,9,11-12,26H,8,10H2,1-3H3. The molecule has 0 radical (unpaired) electrons. The maximum absolute atomic E-state index is 12.6. The van der Waals surface area contributed by atoms with Crippen LogP contribution in [0.5, 0.6) is 0 Å². The minimum absolute atomic E-state index is 0.179. The lowest BCUT2D eigenvalue weighted by atomic mass is 10.1. The molecule has 0 atom stereocenters. The molecule has 12 heteroatoms. The van der Waals surface area contributed by atoms with Gasteiger partial charge in [0.05, 0.1) is 6.20 Å². The van der Waals surface area contributed by atoms with Crippen molar-refractivity contribution < 1.29 is 17.7 Å². The number of nitrogens with one attached hydrogen (secondary N) is 1. The quantitative estimate of drug-likeness (QED) is 0.388. The average molecular weight is 474 g/mol. The molecule has 34 heavy (non-hydrogen) atoms. The molecule has 2 aromatic heterocycles. The van der Waals surface area contributed by atoms with Crippen LogP contribution in [0.2, 0.25) is 0 Å². The van der Waals surface area contributed by atoms with Crippen molar-refractivity contribution in [1.29, 1.82) is 0 Å².